The second-order valence-corrected chi connectivity index (χ2v) is 5.74. The minimum absolute atomic E-state index is 0.123. The molecule has 116 valence electrons. The van der Waals surface area contributed by atoms with E-state index in [0.29, 0.717) is 25.0 Å². The summed E-state index contributed by atoms with van der Waals surface area (Å²) in [6.07, 6.45) is 2.74. The molecule has 0 unspecified atom stereocenters. The van der Waals surface area contributed by atoms with Gasteiger partial charge in [-0.15, -0.1) is 5.10 Å². The van der Waals surface area contributed by atoms with Gasteiger partial charge in [-0.1, -0.05) is 13.8 Å². The molecule has 1 aromatic rings. The molecule has 7 nitrogen and oxygen atoms in total. The summed E-state index contributed by atoms with van der Waals surface area (Å²) in [5.41, 5.74) is 0. The van der Waals surface area contributed by atoms with E-state index >= 15 is 0 Å². The lowest BCUT2D eigenvalue weighted by Crippen LogP contribution is -2.48. The van der Waals surface area contributed by atoms with Crippen molar-refractivity contribution in [2.24, 2.45) is 5.92 Å². The van der Waals surface area contributed by atoms with Crippen LogP contribution >= 0.6 is 0 Å². The summed E-state index contributed by atoms with van der Waals surface area (Å²) < 4.78 is 0. The van der Waals surface area contributed by atoms with Crippen molar-refractivity contribution >= 4 is 17.7 Å². The van der Waals surface area contributed by atoms with Crippen LogP contribution in [0.5, 0.6) is 0 Å². The first kappa shape index (κ1) is 15.5. The van der Waals surface area contributed by atoms with Crippen LogP contribution in [0.15, 0.2) is 6.20 Å². The molecule has 0 radical (unpaired) electrons. The average molecular weight is 292 g/mol. The van der Waals surface area contributed by atoms with Crippen LogP contribution in [-0.4, -0.2) is 58.7 Å². The summed E-state index contributed by atoms with van der Waals surface area (Å²) in [5.74, 6) is 2.17. The Labute approximate surface area is 125 Å². The third-order valence-electron chi connectivity index (χ3n) is 3.58. The summed E-state index contributed by atoms with van der Waals surface area (Å²) in [4.78, 5) is 19.7. The number of aromatic nitrogens is 3. The lowest BCUT2D eigenvalue weighted by Gasteiger charge is -2.33. The minimum Gasteiger partial charge on any atom is -0.369 e. The number of nitrogens with zero attached hydrogens (tertiary/aromatic N) is 5. The first-order valence-corrected chi connectivity index (χ1v) is 7.50. The van der Waals surface area contributed by atoms with E-state index in [-0.39, 0.29) is 5.91 Å². The Hall–Kier alpha value is -1.92. The molecule has 1 aliphatic rings. The van der Waals surface area contributed by atoms with E-state index in [1.807, 2.05) is 4.90 Å². The molecule has 1 aromatic heterocycles. The van der Waals surface area contributed by atoms with Crippen molar-refractivity contribution in [3.63, 3.8) is 0 Å². The fourth-order valence-corrected chi connectivity index (χ4v) is 2.22. The van der Waals surface area contributed by atoms with Crippen LogP contribution in [0.25, 0.3) is 0 Å². The quantitative estimate of drug-likeness (QED) is 0.872. The highest BCUT2D eigenvalue weighted by atomic mass is 16.2. The lowest BCUT2D eigenvalue weighted by atomic mass is 10.1. The van der Waals surface area contributed by atoms with Gasteiger partial charge in [-0.05, 0) is 12.3 Å². The Morgan fingerprint density at radius 3 is 2.67 bits per heavy atom. The molecule has 2 rings (SSSR count). The molecule has 1 saturated heterocycles. The van der Waals surface area contributed by atoms with Crippen molar-refractivity contribution < 1.29 is 4.79 Å². The molecule has 1 N–H and O–H groups in total. The first-order valence-electron chi connectivity index (χ1n) is 7.50. The summed E-state index contributed by atoms with van der Waals surface area (Å²) in [6, 6.07) is 0. The molecule has 1 aliphatic heterocycles. The van der Waals surface area contributed by atoms with Gasteiger partial charge < -0.3 is 15.1 Å². The van der Waals surface area contributed by atoms with E-state index in [0.717, 1.165) is 31.9 Å². The van der Waals surface area contributed by atoms with Crippen molar-refractivity contribution in [2.75, 3.05) is 42.9 Å². The molecule has 0 spiro atoms. The highest BCUT2D eigenvalue weighted by molar-refractivity contribution is 5.73. The Kier molecular flexibility index (Phi) is 5.30. The molecular weight excluding hydrogens is 268 g/mol. The van der Waals surface area contributed by atoms with Gasteiger partial charge in [0.25, 0.3) is 0 Å². The SMILES string of the molecule is CC(=O)N1CCN(c2nncc(NCCC(C)C)n2)CC1. The lowest BCUT2D eigenvalue weighted by molar-refractivity contribution is -0.129. The molecular formula is C14H24N6O. The normalized spacial score (nSPS) is 15.4. The number of hydrogen-bond acceptors (Lipinski definition) is 6. The number of amides is 1. The summed E-state index contributed by atoms with van der Waals surface area (Å²) in [6.45, 7) is 9.79. The van der Waals surface area contributed by atoms with Crippen LogP contribution in [0.4, 0.5) is 11.8 Å². The Morgan fingerprint density at radius 2 is 2.05 bits per heavy atom. The van der Waals surface area contributed by atoms with E-state index in [1.54, 1.807) is 13.1 Å². The second-order valence-electron chi connectivity index (χ2n) is 5.74. The molecule has 21 heavy (non-hydrogen) atoms. The van der Waals surface area contributed by atoms with Gasteiger partial charge in [-0.25, -0.2) is 0 Å². The maximum absolute atomic E-state index is 11.3. The fraction of sp³-hybridized carbons (Fsp3) is 0.714. The molecule has 2 heterocycles. The second kappa shape index (κ2) is 7.19. The number of carbonyl (C=O) groups is 1. The van der Waals surface area contributed by atoms with Crippen molar-refractivity contribution in [1.82, 2.24) is 20.1 Å². The minimum atomic E-state index is 0.123. The number of piperazine rings is 1. The van der Waals surface area contributed by atoms with Gasteiger partial charge >= 0.3 is 0 Å². The number of carbonyl (C=O) groups excluding carboxylic acids is 1. The Bertz CT molecular complexity index is 470. The van der Waals surface area contributed by atoms with Crippen LogP contribution in [0.3, 0.4) is 0 Å². The van der Waals surface area contributed by atoms with E-state index in [4.69, 9.17) is 0 Å². The largest absolute Gasteiger partial charge is 0.369 e. The van der Waals surface area contributed by atoms with Crippen LogP contribution < -0.4 is 10.2 Å². The van der Waals surface area contributed by atoms with Gasteiger partial charge in [-0.3, -0.25) is 4.79 Å². The number of anilines is 2. The van der Waals surface area contributed by atoms with Gasteiger partial charge in [0.1, 0.15) is 0 Å². The third kappa shape index (κ3) is 4.54. The predicted molar refractivity (Wildman–Crippen MR) is 82.2 cm³/mol. The smallest absolute Gasteiger partial charge is 0.247 e. The van der Waals surface area contributed by atoms with E-state index in [1.165, 1.54) is 0 Å². The molecule has 0 bridgehead atoms. The zero-order valence-electron chi connectivity index (χ0n) is 13.0. The number of nitrogens with one attached hydrogen (secondary N) is 1. The standard InChI is InChI=1S/C14H24N6O/c1-11(2)4-5-15-13-10-16-18-14(17-13)20-8-6-19(7-9-20)12(3)21/h10-11H,4-9H2,1-3H3,(H,15,17,18). The Balaban J connectivity index is 1.90. The van der Waals surface area contributed by atoms with Crippen LogP contribution in [0.2, 0.25) is 0 Å². The summed E-state index contributed by atoms with van der Waals surface area (Å²) in [5, 5.41) is 11.4. The molecule has 1 amide bonds. The van der Waals surface area contributed by atoms with E-state index in [9.17, 15) is 4.79 Å². The number of hydrogen-bond donors (Lipinski definition) is 1. The molecule has 0 saturated carbocycles. The van der Waals surface area contributed by atoms with Crippen molar-refractivity contribution in [3.8, 4) is 0 Å². The van der Waals surface area contributed by atoms with Gasteiger partial charge in [0, 0.05) is 39.6 Å². The highest BCUT2D eigenvalue weighted by Crippen LogP contribution is 2.12. The van der Waals surface area contributed by atoms with Gasteiger partial charge in [-0.2, -0.15) is 10.1 Å². The zero-order chi connectivity index (χ0) is 15.2. The topological polar surface area (TPSA) is 74.2 Å². The first-order chi connectivity index (χ1) is 10.1. The van der Waals surface area contributed by atoms with Crippen molar-refractivity contribution in [1.29, 1.82) is 0 Å². The third-order valence-corrected chi connectivity index (χ3v) is 3.58. The van der Waals surface area contributed by atoms with Crippen LogP contribution in [0, 0.1) is 5.92 Å². The van der Waals surface area contributed by atoms with Crippen molar-refractivity contribution in [2.45, 2.75) is 27.2 Å². The monoisotopic (exact) mass is 292 g/mol. The molecule has 7 heteroatoms. The number of rotatable bonds is 5. The maximum atomic E-state index is 11.3. The van der Waals surface area contributed by atoms with E-state index < -0.39 is 0 Å². The average Bonchev–Trinajstić information content (AvgIpc) is 2.47. The van der Waals surface area contributed by atoms with Gasteiger partial charge in [0.2, 0.25) is 11.9 Å². The molecule has 1 fully saturated rings. The highest BCUT2D eigenvalue weighted by Gasteiger charge is 2.20. The van der Waals surface area contributed by atoms with Gasteiger partial charge in [0.05, 0.1) is 6.20 Å². The predicted octanol–water partition coefficient (Wildman–Crippen LogP) is 0.998. The fourth-order valence-electron chi connectivity index (χ4n) is 2.22. The zero-order valence-corrected chi connectivity index (χ0v) is 13.0. The summed E-state index contributed by atoms with van der Waals surface area (Å²) in [7, 11) is 0. The van der Waals surface area contributed by atoms with Crippen LogP contribution in [0.1, 0.15) is 27.2 Å². The van der Waals surface area contributed by atoms with Crippen molar-refractivity contribution in [3.05, 3.63) is 6.20 Å². The summed E-state index contributed by atoms with van der Waals surface area (Å²) >= 11 is 0. The van der Waals surface area contributed by atoms with Gasteiger partial charge in [0.15, 0.2) is 5.82 Å². The molecule has 0 aromatic carbocycles. The molecule has 0 atom stereocenters. The maximum Gasteiger partial charge on any atom is 0.247 e. The van der Waals surface area contributed by atoms with Crippen LogP contribution in [-0.2, 0) is 4.79 Å². The van der Waals surface area contributed by atoms with E-state index in [2.05, 4.69) is 39.2 Å². The Morgan fingerprint density at radius 1 is 1.33 bits per heavy atom. The molecule has 0 aliphatic carbocycles.